The number of hydrogen-bond donors (Lipinski definition) is 1. The number of nitrogens with zero attached hydrogens (tertiary/aromatic N) is 1. The normalized spacial score (nSPS) is 33.2. The molecule has 21 heavy (non-hydrogen) atoms. The van der Waals surface area contributed by atoms with E-state index in [9.17, 15) is 8.42 Å². The second-order valence-corrected chi connectivity index (χ2v) is 8.99. The van der Waals surface area contributed by atoms with Crippen molar-refractivity contribution in [2.24, 2.45) is 17.8 Å². The van der Waals surface area contributed by atoms with Crippen LogP contribution in [0.2, 0.25) is 0 Å². The summed E-state index contributed by atoms with van der Waals surface area (Å²) in [5.74, 6) is 1.76. The van der Waals surface area contributed by atoms with Gasteiger partial charge in [-0.25, -0.2) is 13.1 Å². The maximum absolute atomic E-state index is 12.2. The topological polar surface area (TPSA) is 58.6 Å². The molecule has 2 aliphatic heterocycles. The number of piperidine rings is 1. The van der Waals surface area contributed by atoms with Gasteiger partial charge in [-0.15, -0.1) is 0 Å². The van der Waals surface area contributed by atoms with Crippen LogP contribution < -0.4 is 4.72 Å². The van der Waals surface area contributed by atoms with E-state index in [1.54, 1.807) is 0 Å². The Morgan fingerprint density at radius 2 is 1.95 bits per heavy atom. The van der Waals surface area contributed by atoms with Crippen LogP contribution in [0.5, 0.6) is 0 Å². The van der Waals surface area contributed by atoms with E-state index in [-0.39, 0.29) is 17.7 Å². The van der Waals surface area contributed by atoms with Gasteiger partial charge in [0.15, 0.2) is 0 Å². The Kier molecular flexibility index (Phi) is 6.05. The van der Waals surface area contributed by atoms with E-state index in [0.717, 1.165) is 26.1 Å². The molecule has 2 heterocycles. The highest BCUT2D eigenvalue weighted by atomic mass is 32.2. The maximum Gasteiger partial charge on any atom is 0.212 e. The number of rotatable bonds is 6. The Morgan fingerprint density at radius 3 is 2.52 bits per heavy atom. The highest BCUT2D eigenvalue weighted by molar-refractivity contribution is 7.89. The monoisotopic (exact) mass is 318 g/mol. The molecular formula is C15H30N2O3S. The SMILES string of the molecule is C[C@@H]1C[C@H](C)CN(C[C@@H](C)NS(=O)(=O)C[C@@H]2CCOC2)C1. The molecule has 124 valence electrons. The van der Waals surface area contributed by atoms with E-state index >= 15 is 0 Å². The van der Waals surface area contributed by atoms with E-state index in [0.29, 0.717) is 25.0 Å². The molecule has 5 nitrogen and oxygen atoms in total. The summed E-state index contributed by atoms with van der Waals surface area (Å²) in [7, 11) is -3.20. The molecular weight excluding hydrogens is 288 g/mol. The first kappa shape index (κ1) is 17.2. The molecule has 0 radical (unpaired) electrons. The average Bonchev–Trinajstić information content (AvgIpc) is 2.77. The van der Waals surface area contributed by atoms with Crippen LogP contribution in [-0.2, 0) is 14.8 Å². The summed E-state index contributed by atoms with van der Waals surface area (Å²) in [6.45, 7) is 10.7. The predicted octanol–water partition coefficient (Wildman–Crippen LogP) is 1.31. The Labute approximate surface area is 129 Å². The molecule has 0 spiro atoms. The van der Waals surface area contributed by atoms with Gasteiger partial charge >= 0.3 is 0 Å². The molecule has 0 bridgehead atoms. The maximum atomic E-state index is 12.2. The zero-order chi connectivity index (χ0) is 15.5. The second-order valence-electron chi connectivity index (χ2n) is 7.19. The number of hydrogen-bond acceptors (Lipinski definition) is 4. The third-order valence-electron chi connectivity index (χ3n) is 4.34. The summed E-state index contributed by atoms with van der Waals surface area (Å²) in [5.41, 5.74) is 0. The van der Waals surface area contributed by atoms with Crippen molar-refractivity contribution < 1.29 is 13.2 Å². The van der Waals surface area contributed by atoms with Crippen LogP contribution in [0.4, 0.5) is 0 Å². The van der Waals surface area contributed by atoms with Crippen LogP contribution in [0.25, 0.3) is 0 Å². The minimum Gasteiger partial charge on any atom is -0.381 e. The highest BCUT2D eigenvalue weighted by Crippen LogP contribution is 2.21. The molecule has 2 saturated heterocycles. The molecule has 0 aromatic carbocycles. The Morgan fingerprint density at radius 1 is 1.29 bits per heavy atom. The van der Waals surface area contributed by atoms with E-state index < -0.39 is 10.0 Å². The Bertz CT molecular complexity index is 411. The van der Waals surface area contributed by atoms with E-state index in [2.05, 4.69) is 23.5 Å². The van der Waals surface area contributed by atoms with Crippen LogP contribution >= 0.6 is 0 Å². The van der Waals surface area contributed by atoms with Crippen LogP contribution in [0.1, 0.15) is 33.6 Å². The predicted molar refractivity (Wildman–Crippen MR) is 84.7 cm³/mol. The fraction of sp³-hybridized carbons (Fsp3) is 1.00. The fourth-order valence-electron chi connectivity index (χ4n) is 3.75. The van der Waals surface area contributed by atoms with Crippen molar-refractivity contribution in [1.29, 1.82) is 0 Å². The fourth-order valence-corrected chi connectivity index (χ4v) is 5.41. The molecule has 2 rings (SSSR count). The molecule has 4 atom stereocenters. The van der Waals surface area contributed by atoms with Gasteiger partial charge in [-0.05, 0) is 37.5 Å². The van der Waals surface area contributed by atoms with Gasteiger partial charge in [0, 0.05) is 32.3 Å². The molecule has 2 fully saturated rings. The smallest absolute Gasteiger partial charge is 0.212 e. The lowest BCUT2D eigenvalue weighted by Gasteiger charge is -2.36. The van der Waals surface area contributed by atoms with E-state index in [1.807, 2.05) is 6.92 Å². The van der Waals surface area contributed by atoms with Crippen molar-refractivity contribution in [1.82, 2.24) is 9.62 Å². The van der Waals surface area contributed by atoms with Gasteiger partial charge in [-0.2, -0.15) is 0 Å². The average molecular weight is 318 g/mol. The molecule has 0 amide bonds. The zero-order valence-corrected chi connectivity index (χ0v) is 14.4. The molecule has 6 heteroatoms. The number of likely N-dealkylation sites (tertiary alicyclic amines) is 1. The third kappa shape index (κ3) is 5.85. The van der Waals surface area contributed by atoms with Gasteiger partial charge in [0.2, 0.25) is 10.0 Å². The lowest BCUT2D eigenvalue weighted by Crippen LogP contribution is -2.47. The second kappa shape index (κ2) is 7.40. The van der Waals surface area contributed by atoms with Gasteiger partial charge in [0.1, 0.15) is 0 Å². The van der Waals surface area contributed by atoms with Gasteiger partial charge in [-0.1, -0.05) is 13.8 Å². The molecule has 0 aliphatic carbocycles. The van der Waals surface area contributed by atoms with Crippen molar-refractivity contribution in [3.63, 3.8) is 0 Å². The van der Waals surface area contributed by atoms with Gasteiger partial charge in [0.25, 0.3) is 0 Å². The van der Waals surface area contributed by atoms with Gasteiger partial charge < -0.3 is 9.64 Å². The summed E-state index contributed by atoms with van der Waals surface area (Å²) in [6, 6.07) is -0.0326. The lowest BCUT2D eigenvalue weighted by molar-refractivity contribution is 0.134. The summed E-state index contributed by atoms with van der Waals surface area (Å²) in [6.07, 6.45) is 2.13. The minimum absolute atomic E-state index is 0.0326. The largest absolute Gasteiger partial charge is 0.381 e. The quantitative estimate of drug-likeness (QED) is 0.802. The van der Waals surface area contributed by atoms with Crippen LogP contribution in [0.3, 0.4) is 0 Å². The molecule has 0 saturated carbocycles. The van der Waals surface area contributed by atoms with E-state index in [1.165, 1.54) is 6.42 Å². The van der Waals surface area contributed by atoms with Crippen molar-refractivity contribution in [2.45, 2.75) is 39.7 Å². The van der Waals surface area contributed by atoms with Crippen molar-refractivity contribution in [3.05, 3.63) is 0 Å². The molecule has 1 N–H and O–H groups in total. The lowest BCUT2D eigenvalue weighted by atomic mass is 9.92. The summed E-state index contributed by atoms with van der Waals surface area (Å²) >= 11 is 0. The van der Waals surface area contributed by atoms with Gasteiger partial charge in [0.05, 0.1) is 12.4 Å². The van der Waals surface area contributed by atoms with Gasteiger partial charge in [-0.3, -0.25) is 0 Å². The summed E-state index contributed by atoms with van der Waals surface area (Å²) < 4.78 is 32.5. The Balaban J connectivity index is 1.78. The molecule has 2 aliphatic rings. The molecule has 0 unspecified atom stereocenters. The first-order valence-corrected chi connectivity index (χ1v) is 9.79. The number of sulfonamides is 1. The zero-order valence-electron chi connectivity index (χ0n) is 13.5. The summed E-state index contributed by atoms with van der Waals surface area (Å²) in [5, 5.41) is 0. The van der Waals surface area contributed by atoms with Crippen LogP contribution in [-0.4, -0.2) is 58.0 Å². The molecule has 0 aromatic heterocycles. The molecule has 0 aromatic rings. The number of ether oxygens (including phenoxy) is 1. The first-order chi connectivity index (χ1) is 9.84. The standard InChI is InChI=1S/C15H30N2O3S/c1-12-6-13(2)8-17(7-12)9-14(3)16-21(18,19)11-15-4-5-20-10-15/h12-16H,4-11H2,1-3H3/t12-,13+,14-,15-/m1/s1. The van der Waals surface area contributed by atoms with Crippen molar-refractivity contribution in [3.8, 4) is 0 Å². The van der Waals surface area contributed by atoms with Crippen molar-refractivity contribution >= 4 is 10.0 Å². The van der Waals surface area contributed by atoms with E-state index in [4.69, 9.17) is 4.74 Å². The summed E-state index contributed by atoms with van der Waals surface area (Å²) in [4.78, 5) is 2.39. The third-order valence-corrected chi connectivity index (χ3v) is 6.01. The van der Waals surface area contributed by atoms with Crippen molar-refractivity contribution in [2.75, 3.05) is 38.6 Å². The Hall–Kier alpha value is -0.170. The first-order valence-electron chi connectivity index (χ1n) is 8.14. The number of nitrogens with one attached hydrogen (secondary N) is 1. The highest BCUT2D eigenvalue weighted by Gasteiger charge is 2.27. The minimum atomic E-state index is -3.20. The van der Waals surface area contributed by atoms with Crippen LogP contribution in [0.15, 0.2) is 0 Å². The van der Waals surface area contributed by atoms with Crippen LogP contribution in [0, 0.1) is 17.8 Å².